The largest absolute Gasteiger partial charge is 0.409 e. The van der Waals surface area contributed by atoms with Gasteiger partial charge < -0.3 is 10.9 Å². The highest BCUT2D eigenvalue weighted by Gasteiger charge is 2.40. The number of oxime groups is 1. The van der Waals surface area contributed by atoms with Crippen molar-refractivity contribution in [1.82, 2.24) is 4.31 Å². The van der Waals surface area contributed by atoms with Crippen molar-refractivity contribution in [3.05, 3.63) is 0 Å². The van der Waals surface area contributed by atoms with E-state index in [9.17, 15) is 8.42 Å². The highest BCUT2D eigenvalue weighted by molar-refractivity contribution is 7.89. The van der Waals surface area contributed by atoms with Crippen molar-refractivity contribution in [3.63, 3.8) is 0 Å². The number of piperidine rings is 1. The van der Waals surface area contributed by atoms with Crippen LogP contribution >= 0.6 is 0 Å². The van der Waals surface area contributed by atoms with E-state index in [4.69, 9.17) is 10.9 Å². The molecule has 7 heteroatoms. The Morgan fingerprint density at radius 2 is 1.78 bits per heavy atom. The fourth-order valence-electron chi connectivity index (χ4n) is 2.95. The van der Waals surface area contributed by atoms with Crippen LogP contribution in [0.4, 0.5) is 0 Å². The molecule has 3 N–H and O–H groups in total. The maximum Gasteiger partial charge on any atom is 0.217 e. The van der Waals surface area contributed by atoms with Gasteiger partial charge in [-0.25, -0.2) is 8.42 Å². The Bertz CT molecular complexity index is 415. The highest BCUT2D eigenvalue weighted by atomic mass is 32.2. The third kappa shape index (κ3) is 2.47. The summed E-state index contributed by atoms with van der Waals surface area (Å²) in [7, 11) is -3.30. The van der Waals surface area contributed by atoms with E-state index in [0.717, 1.165) is 38.5 Å². The van der Waals surface area contributed by atoms with E-state index >= 15 is 0 Å². The molecule has 104 valence electrons. The molecule has 2 rings (SSSR count). The second-order valence-electron chi connectivity index (χ2n) is 5.10. The molecule has 1 unspecified atom stereocenters. The molecule has 0 aromatic rings. The quantitative estimate of drug-likeness (QED) is 0.345. The molecule has 0 radical (unpaired) electrons. The molecule has 1 heterocycles. The van der Waals surface area contributed by atoms with Crippen LogP contribution in [0.25, 0.3) is 0 Å². The van der Waals surface area contributed by atoms with Crippen LogP contribution in [0.5, 0.6) is 0 Å². The van der Waals surface area contributed by atoms with Gasteiger partial charge in [0.15, 0.2) is 5.84 Å². The monoisotopic (exact) mass is 275 g/mol. The number of nitrogens with two attached hydrogens (primary N) is 1. The summed E-state index contributed by atoms with van der Waals surface area (Å²) in [4.78, 5) is 0. The van der Waals surface area contributed by atoms with Crippen LogP contribution < -0.4 is 5.73 Å². The summed E-state index contributed by atoms with van der Waals surface area (Å²) in [6.07, 6.45) is 5.84. The van der Waals surface area contributed by atoms with Gasteiger partial charge >= 0.3 is 0 Å². The predicted octanol–water partition coefficient (Wildman–Crippen LogP) is 0.860. The maximum absolute atomic E-state index is 12.6. The first-order chi connectivity index (χ1) is 8.57. The van der Waals surface area contributed by atoms with E-state index < -0.39 is 16.1 Å². The Morgan fingerprint density at radius 1 is 1.17 bits per heavy atom. The molecule has 0 aromatic carbocycles. The zero-order chi connectivity index (χ0) is 13.2. The molecule has 1 saturated carbocycles. The van der Waals surface area contributed by atoms with Crippen LogP contribution in [0.1, 0.15) is 44.9 Å². The van der Waals surface area contributed by atoms with Crippen molar-refractivity contribution in [1.29, 1.82) is 0 Å². The summed E-state index contributed by atoms with van der Waals surface area (Å²) >= 11 is 0. The van der Waals surface area contributed by atoms with Crippen molar-refractivity contribution >= 4 is 15.9 Å². The topological polar surface area (TPSA) is 96.0 Å². The van der Waals surface area contributed by atoms with Gasteiger partial charge in [-0.15, -0.1) is 0 Å². The van der Waals surface area contributed by atoms with E-state index in [-0.39, 0.29) is 11.1 Å². The third-order valence-electron chi connectivity index (χ3n) is 3.96. The van der Waals surface area contributed by atoms with Crippen LogP contribution in [0.3, 0.4) is 0 Å². The first-order valence-corrected chi connectivity index (χ1v) is 8.05. The Hall–Kier alpha value is -0.820. The van der Waals surface area contributed by atoms with Crippen LogP contribution in [-0.2, 0) is 10.0 Å². The molecule has 2 aliphatic rings. The lowest BCUT2D eigenvalue weighted by atomic mass is 10.0. The van der Waals surface area contributed by atoms with Crippen molar-refractivity contribution in [2.24, 2.45) is 10.9 Å². The third-order valence-corrected chi connectivity index (χ3v) is 6.37. The van der Waals surface area contributed by atoms with Crippen molar-refractivity contribution in [2.45, 2.75) is 56.2 Å². The summed E-state index contributed by atoms with van der Waals surface area (Å²) in [5.41, 5.74) is 5.63. The highest BCUT2D eigenvalue weighted by Crippen LogP contribution is 2.31. The van der Waals surface area contributed by atoms with Gasteiger partial charge in [0.2, 0.25) is 10.0 Å². The lowest BCUT2D eigenvalue weighted by molar-refractivity contribution is 0.279. The maximum atomic E-state index is 12.6. The van der Waals surface area contributed by atoms with Gasteiger partial charge in [0.1, 0.15) is 0 Å². The summed E-state index contributed by atoms with van der Waals surface area (Å²) in [5, 5.41) is 11.5. The standard InChI is InChI=1S/C11H21N3O3S/c12-11(13-15)10-7-3-4-8-14(10)18(16,17)9-5-1-2-6-9/h9-10,15H,1-8H2,(H2,12,13). The van der Waals surface area contributed by atoms with Crippen LogP contribution in [0, 0.1) is 0 Å². The zero-order valence-electron chi connectivity index (χ0n) is 10.5. The van der Waals surface area contributed by atoms with Gasteiger partial charge in [-0.3, -0.25) is 0 Å². The molecule has 1 aliphatic heterocycles. The van der Waals surface area contributed by atoms with E-state index in [1.165, 1.54) is 4.31 Å². The molecule has 1 atom stereocenters. The van der Waals surface area contributed by atoms with Crippen molar-refractivity contribution in [2.75, 3.05) is 6.54 Å². The van der Waals surface area contributed by atoms with E-state index in [2.05, 4.69) is 5.16 Å². The zero-order valence-corrected chi connectivity index (χ0v) is 11.3. The van der Waals surface area contributed by atoms with Crippen LogP contribution in [-0.4, -0.2) is 41.6 Å². The minimum atomic E-state index is -3.30. The number of rotatable bonds is 3. The van der Waals surface area contributed by atoms with Crippen LogP contribution in [0.2, 0.25) is 0 Å². The molecule has 0 aromatic heterocycles. The van der Waals surface area contributed by atoms with Gasteiger partial charge in [-0.1, -0.05) is 24.4 Å². The number of amidine groups is 1. The Labute approximate surface area is 108 Å². The number of hydrogen-bond donors (Lipinski definition) is 2. The van der Waals surface area contributed by atoms with E-state index in [1.54, 1.807) is 0 Å². The lowest BCUT2D eigenvalue weighted by Crippen LogP contribution is -2.52. The molecule has 0 spiro atoms. The van der Waals surface area contributed by atoms with Crippen LogP contribution in [0.15, 0.2) is 5.16 Å². The Morgan fingerprint density at radius 3 is 2.39 bits per heavy atom. The van der Waals surface area contributed by atoms with Gasteiger partial charge in [0.25, 0.3) is 0 Å². The molecule has 1 saturated heterocycles. The van der Waals surface area contributed by atoms with Gasteiger partial charge in [-0.05, 0) is 25.7 Å². The first-order valence-electron chi connectivity index (χ1n) is 6.55. The van der Waals surface area contributed by atoms with Gasteiger partial charge in [-0.2, -0.15) is 4.31 Å². The average molecular weight is 275 g/mol. The summed E-state index contributed by atoms with van der Waals surface area (Å²) in [6.45, 7) is 0.486. The summed E-state index contributed by atoms with van der Waals surface area (Å²) < 4.78 is 26.6. The smallest absolute Gasteiger partial charge is 0.217 e. The predicted molar refractivity (Wildman–Crippen MR) is 68.9 cm³/mol. The minimum Gasteiger partial charge on any atom is -0.409 e. The number of sulfonamides is 1. The normalized spacial score (nSPS) is 28.7. The van der Waals surface area contributed by atoms with E-state index in [0.29, 0.717) is 13.0 Å². The molecule has 0 bridgehead atoms. The van der Waals surface area contributed by atoms with Crippen molar-refractivity contribution in [3.8, 4) is 0 Å². The van der Waals surface area contributed by atoms with Crippen molar-refractivity contribution < 1.29 is 13.6 Å². The SMILES string of the molecule is NC(=NO)C1CCCCN1S(=O)(=O)C1CCCC1. The lowest BCUT2D eigenvalue weighted by Gasteiger charge is -2.35. The number of nitrogens with zero attached hydrogens (tertiary/aromatic N) is 2. The molecular weight excluding hydrogens is 254 g/mol. The molecule has 18 heavy (non-hydrogen) atoms. The Balaban J connectivity index is 2.22. The average Bonchev–Trinajstić information content (AvgIpc) is 2.92. The van der Waals surface area contributed by atoms with Gasteiger partial charge in [0, 0.05) is 6.54 Å². The molecular formula is C11H21N3O3S. The van der Waals surface area contributed by atoms with E-state index in [1.807, 2.05) is 0 Å². The Kier molecular flexibility index (Phi) is 4.11. The summed E-state index contributed by atoms with van der Waals surface area (Å²) in [5.74, 6) is 0.0104. The molecule has 2 fully saturated rings. The fraction of sp³-hybridized carbons (Fsp3) is 0.909. The molecule has 6 nitrogen and oxygen atoms in total. The minimum absolute atomic E-state index is 0.0104. The molecule has 1 aliphatic carbocycles. The summed E-state index contributed by atoms with van der Waals surface area (Å²) in [6, 6.07) is -0.464. The second kappa shape index (κ2) is 5.44. The molecule has 0 amide bonds. The number of hydrogen-bond acceptors (Lipinski definition) is 4. The second-order valence-corrected chi connectivity index (χ2v) is 7.26. The fourth-order valence-corrected chi connectivity index (χ4v) is 5.21. The van der Waals surface area contributed by atoms with Gasteiger partial charge in [0.05, 0.1) is 11.3 Å². The first kappa shape index (κ1) is 13.6.